The number of piperidine rings is 1. The molecule has 0 saturated carbocycles. The van der Waals surface area contributed by atoms with Crippen molar-refractivity contribution in [3.05, 3.63) is 11.7 Å². The van der Waals surface area contributed by atoms with E-state index >= 15 is 0 Å². The first-order valence-electron chi connectivity index (χ1n) is 6.16. The predicted octanol–water partition coefficient (Wildman–Crippen LogP) is -1.16. The molecule has 0 spiro atoms. The number of carbonyl (C=O) groups is 2. The van der Waals surface area contributed by atoms with Crippen LogP contribution in [0.25, 0.3) is 0 Å². The zero-order valence-electron chi connectivity index (χ0n) is 10.9. The van der Waals surface area contributed by atoms with Crippen LogP contribution >= 0.6 is 0 Å². The van der Waals surface area contributed by atoms with Gasteiger partial charge in [0.25, 0.3) is 0 Å². The number of hydrogen-bond donors (Lipinski definition) is 2. The molecule has 3 N–H and O–H groups in total. The number of carbonyl (C=O) groups excluding carboxylic acids is 2. The lowest BCUT2D eigenvalue weighted by Crippen LogP contribution is -2.35. The number of nitrogens with zero attached hydrogens (tertiary/aromatic N) is 4. The Labute approximate surface area is 123 Å². The summed E-state index contributed by atoms with van der Waals surface area (Å²) in [7, 11) is -4.80. The van der Waals surface area contributed by atoms with Crippen LogP contribution in [0.3, 0.4) is 0 Å². The molecule has 2 aliphatic rings. The van der Waals surface area contributed by atoms with Gasteiger partial charge in [-0.1, -0.05) is 5.16 Å². The molecule has 2 bridgehead atoms. The van der Waals surface area contributed by atoms with E-state index in [0.29, 0.717) is 17.9 Å². The molecule has 120 valence electrons. The summed E-state index contributed by atoms with van der Waals surface area (Å²) in [5, 5.41) is 4.21. The lowest BCUT2D eigenvalue weighted by atomic mass is 10.0. The maximum absolute atomic E-state index is 12.2. The fourth-order valence-corrected chi connectivity index (χ4v) is 2.96. The van der Waals surface area contributed by atoms with Gasteiger partial charge in [0.2, 0.25) is 0 Å². The summed E-state index contributed by atoms with van der Waals surface area (Å²) in [6.45, 7) is 0.166. The Morgan fingerprint density at radius 2 is 2.18 bits per heavy atom. The minimum absolute atomic E-state index is 0.0919. The van der Waals surface area contributed by atoms with Crippen LogP contribution in [0.1, 0.15) is 35.4 Å². The van der Waals surface area contributed by atoms with Crippen molar-refractivity contribution in [3.63, 3.8) is 0 Å². The van der Waals surface area contributed by atoms with E-state index < -0.39 is 34.4 Å². The number of aromatic nitrogens is 2. The van der Waals surface area contributed by atoms with Crippen molar-refractivity contribution in [1.29, 1.82) is 0 Å². The molecule has 3 amide bonds. The van der Waals surface area contributed by atoms with Gasteiger partial charge in [-0.25, -0.2) is 4.79 Å². The van der Waals surface area contributed by atoms with Gasteiger partial charge in [0, 0.05) is 6.54 Å². The van der Waals surface area contributed by atoms with Crippen LogP contribution in [0.5, 0.6) is 0 Å². The summed E-state index contributed by atoms with van der Waals surface area (Å²) < 4.78 is 39.2. The summed E-state index contributed by atoms with van der Waals surface area (Å²) in [4.78, 5) is 28.2. The van der Waals surface area contributed by atoms with Crippen molar-refractivity contribution in [3.8, 4) is 0 Å². The summed E-state index contributed by atoms with van der Waals surface area (Å²) in [5.41, 5.74) is 5.01. The first-order valence-corrected chi connectivity index (χ1v) is 7.53. The molecule has 0 aliphatic carbocycles. The minimum Gasteiger partial charge on any atom is -0.361 e. The fourth-order valence-electron chi connectivity index (χ4n) is 2.57. The van der Waals surface area contributed by atoms with Gasteiger partial charge in [-0.2, -0.15) is 18.5 Å². The Hall–Kier alpha value is -2.25. The van der Waals surface area contributed by atoms with Crippen molar-refractivity contribution in [1.82, 2.24) is 20.1 Å². The summed E-state index contributed by atoms with van der Waals surface area (Å²) in [6, 6.07) is -1.88. The first-order chi connectivity index (χ1) is 10.3. The van der Waals surface area contributed by atoms with Crippen LogP contribution in [-0.4, -0.2) is 57.6 Å². The molecule has 1 aromatic heterocycles. The van der Waals surface area contributed by atoms with E-state index in [0.717, 1.165) is 0 Å². The lowest BCUT2D eigenvalue weighted by molar-refractivity contribution is -0.0317. The highest BCUT2D eigenvalue weighted by atomic mass is 32.3. The highest BCUT2D eigenvalue weighted by Gasteiger charge is 2.48. The third-order valence-electron chi connectivity index (χ3n) is 3.45. The zero-order chi connectivity index (χ0) is 16.1. The highest BCUT2D eigenvalue weighted by molar-refractivity contribution is 7.80. The zero-order valence-corrected chi connectivity index (χ0v) is 11.8. The number of fused-ring (bicyclic) bond motifs is 2. The molecule has 2 unspecified atom stereocenters. The van der Waals surface area contributed by atoms with Gasteiger partial charge in [0.15, 0.2) is 5.82 Å². The molecule has 2 atom stereocenters. The van der Waals surface area contributed by atoms with E-state index in [-0.39, 0.29) is 18.3 Å². The van der Waals surface area contributed by atoms with Crippen LogP contribution in [-0.2, 0) is 14.7 Å². The standard InChI is InChI=1S/C9H11N5O7S/c10-6(15)8-11-7(12-20-8)5-2-1-4-3-13(5)9(16)14(4)21-22(17,18)19/h4-5H,1-3H2,(H2,10,15)(H,17,18,19). The lowest BCUT2D eigenvalue weighted by Gasteiger charge is -2.27. The Balaban J connectivity index is 1.83. The molecule has 0 radical (unpaired) electrons. The number of rotatable bonds is 4. The number of urea groups is 1. The maximum atomic E-state index is 12.2. The average Bonchev–Trinajstić information content (AvgIpc) is 2.99. The summed E-state index contributed by atoms with van der Waals surface area (Å²) in [5.74, 6) is -1.18. The second-order valence-electron chi connectivity index (χ2n) is 4.83. The first kappa shape index (κ1) is 14.7. The molecule has 0 aromatic carbocycles. The molecule has 12 nitrogen and oxygen atoms in total. The van der Waals surface area contributed by atoms with E-state index in [9.17, 15) is 18.0 Å². The van der Waals surface area contributed by atoms with Gasteiger partial charge in [-0.05, 0) is 12.8 Å². The Morgan fingerprint density at radius 3 is 2.77 bits per heavy atom. The van der Waals surface area contributed by atoms with Crippen LogP contribution in [0.2, 0.25) is 0 Å². The van der Waals surface area contributed by atoms with Crippen LogP contribution in [0.4, 0.5) is 4.79 Å². The van der Waals surface area contributed by atoms with Crippen LogP contribution in [0.15, 0.2) is 4.52 Å². The molecular formula is C9H11N5O7S. The molecule has 1 aromatic rings. The predicted molar refractivity (Wildman–Crippen MR) is 65.2 cm³/mol. The molecule has 3 rings (SSSR count). The van der Waals surface area contributed by atoms with Crippen molar-refractivity contribution in [2.24, 2.45) is 5.73 Å². The van der Waals surface area contributed by atoms with E-state index in [2.05, 4.69) is 18.9 Å². The van der Waals surface area contributed by atoms with E-state index in [1.165, 1.54) is 4.90 Å². The van der Waals surface area contributed by atoms with Crippen molar-refractivity contribution >= 4 is 22.3 Å². The van der Waals surface area contributed by atoms with Gasteiger partial charge in [0.1, 0.15) is 0 Å². The smallest absolute Gasteiger partial charge is 0.361 e. The average molecular weight is 333 g/mol. The van der Waals surface area contributed by atoms with Gasteiger partial charge in [0.05, 0.1) is 12.1 Å². The van der Waals surface area contributed by atoms with Gasteiger partial charge < -0.3 is 15.2 Å². The highest BCUT2D eigenvalue weighted by Crippen LogP contribution is 2.37. The SMILES string of the molecule is NC(=O)c1nc(C2CCC3CN2C(=O)N3OS(=O)(=O)O)no1. The topological polar surface area (TPSA) is 169 Å². The molecule has 22 heavy (non-hydrogen) atoms. The Kier molecular flexibility index (Phi) is 3.26. The largest absolute Gasteiger partial charge is 0.418 e. The van der Waals surface area contributed by atoms with Gasteiger partial charge >= 0.3 is 28.2 Å². The number of amides is 3. The number of nitrogens with two attached hydrogens (primary N) is 1. The molecule has 2 aliphatic heterocycles. The number of primary amides is 1. The molecule has 13 heteroatoms. The minimum atomic E-state index is -4.80. The van der Waals surface area contributed by atoms with Gasteiger partial charge in [-0.3, -0.25) is 9.35 Å². The molecule has 3 heterocycles. The van der Waals surface area contributed by atoms with Crippen LogP contribution < -0.4 is 5.73 Å². The van der Waals surface area contributed by atoms with E-state index in [4.69, 9.17) is 10.3 Å². The van der Waals surface area contributed by atoms with Crippen LogP contribution in [0, 0.1) is 0 Å². The third-order valence-corrected chi connectivity index (χ3v) is 3.80. The molecule has 2 fully saturated rings. The van der Waals surface area contributed by atoms with E-state index in [1.807, 2.05) is 0 Å². The monoisotopic (exact) mass is 333 g/mol. The van der Waals surface area contributed by atoms with Gasteiger partial charge in [-0.15, -0.1) is 4.28 Å². The van der Waals surface area contributed by atoms with Crippen molar-refractivity contribution in [2.75, 3.05) is 6.54 Å². The normalized spacial score (nSPS) is 24.9. The summed E-state index contributed by atoms with van der Waals surface area (Å²) >= 11 is 0. The molecular weight excluding hydrogens is 322 g/mol. The quantitative estimate of drug-likeness (QED) is 0.645. The summed E-state index contributed by atoms with van der Waals surface area (Å²) in [6.07, 6.45) is 0.794. The fraction of sp³-hybridized carbons (Fsp3) is 0.556. The third kappa shape index (κ3) is 2.49. The van der Waals surface area contributed by atoms with Crippen molar-refractivity contribution < 1.29 is 31.4 Å². The van der Waals surface area contributed by atoms with E-state index in [1.54, 1.807) is 0 Å². The Morgan fingerprint density at radius 1 is 1.45 bits per heavy atom. The number of hydrogen-bond acceptors (Lipinski definition) is 8. The maximum Gasteiger partial charge on any atom is 0.418 e. The Bertz CT molecular complexity index is 730. The molecule has 2 saturated heterocycles. The number of hydroxylamine groups is 2. The second kappa shape index (κ2) is 4.89. The van der Waals surface area contributed by atoms with Crippen molar-refractivity contribution in [2.45, 2.75) is 24.9 Å². The second-order valence-corrected chi connectivity index (χ2v) is 5.84.